The minimum atomic E-state index is -0.213. The summed E-state index contributed by atoms with van der Waals surface area (Å²) in [6, 6.07) is 6.68. The second kappa shape index (κ2) is 4.85. The summed E-state index contributed by atoms with van der Waals surface area (Å²) in [6.45, 7) is 0.949. The number of benzene rings is 1. The highest BCUT2D eigenvalue weighted by Crippen LogP contribution is 2.09. The summed E-state index contributed by atoms with van der Waals surface area (Å²) in [5.41, 5.74) is 6.08. The molecule has 5 heteroatoms. The molecular weight excluding hydrogens is 207 g/mol. The molecule has 84 valence electrons. The number of halogens is 1. The molecule has 0 saturated heterocycles. The van der Waals surface area contributed by atoms with Crippen LogP contribution in [0.25, 0.3) is 0 Å². The molecule has 0 saturated carbocycles. The summed E-state index contributed by atoms with van der Waals surface area (Å²) in [4.78, 5) is 0. The summed E-state index contributed by atoms with van der Waals surface area (Å²) in [5, 5.41) is 7.74. The zero-order valence-corrected chi connectivity index (χ0v) is 8.81. The Kier molecular flexibility index (Phi) is 3.26. The van der Waals surface area contributed by atoms with E-state index in [0.29, 0.717) is 25.1 Å². The van der Waals surface area contributed by atoms with Gasteiger partial charge in [0.15, 0.2) is 0 Å². The van der Waals surface area contributed by atoms with Crippen LogP contribution in [0.15, 0.2) is 30.6 Å². The fourth-order valence-corrected chi connectivity index (χ4v) is 1.54. The van der Waals surface area contributed by atoms with Gasteiger partial charge in [-0.2, -0.15) is 0 Å². The first-order valence-electron chi connectivity index (χ1n) is 5.11. The quantitative estimate of drug-likeness (QED) is 0.835. The van der Waals surface area contributed by atoms with Gasteiger partial charge in [0.1, 0.15) is 18.0 Å². The second-order valence-electron chi connectivity index (χ2n) is 3.51. The molecule has 0 fully saturated rings. The molecule has 2 rings (SSSR count). The van der Waals surface area contributed by atoms with Crippen LogP contribution in [0.1, 0.15) is 11.4 Å². The Hall–Kier alpha value is -1.75. The highest BCUT2D eigenvalue weighted by atomic mass is 19.1. The normalized spacial score (nSPS) is 10.6. The smallest absolute Gasteiger partial charge is 0.134 e. The topological polar surface area (TPSA) is 56.7 Å². The molecule has 0 radical (unpaired) electrons. The zero-order chi connectivity index (χ0) is 11.4. The Morgan fingerprint density at radius 2 is 2.12 bits per heavy atom. The Morgan fingerprint density at radius 1 is 1.31 bits per heavy atom. The maximum Gasteiger partial charge on any atom is 0.134 e. The second-order valence-corrected chi connectivity index (χ2v) is 3.51. The predicted octanol–water partition coefficient (Wildman–Crippen LogP) is 0.967. The maximum absolute atomic E-state index is 13.4. The summed E-state index contributed by atoms with van der Waals surface area (Å²) >= 11 is 0. The molecule has 1 aromatic heterocycles. The van der Waals surface area contributed by atoms with Crippen molar-refractivity contribution in [2.24, 2.45) is 5.73 Å². The summed E-state index contributed by atoms with van der Waals surface area (Å²) in [7, 11) is 0. The van der Waals surface area contributed by atoms with Crippen molar-refractivity contribution in [2.45, 2.75) is 13.0 Å². The van der Waals surface area contributed by atoms with E-state index in [1.165, 1.54) is 6.07 Å². The molecule has 2 aromatic rings. The summed E-state index contributed by atoms with van der Waals surface area (Å²) in [5.74, 6) is 0.570. The fraction of sp³-hybridized carbons (Fsp3) is 0.273. The van der Waals surface area contributed by atoms with Gasteiger partial charge >= 0.3 is 0 Å². The number of nitrogens with zero attached hydrogens (tertiary/aromatic N) is 3. The van der Waals surface area contributed by atoms with Crippen LogP contribution in [-0.2, 0) is 13.0 Å². The van der Waals surface area contributed by atoms with E-state index in [0.717, 1.165) is 5.82 Å². The van der Waals surface area contributed by atoms with E-state index in [1.807, 2.05) is 10.6 Å². The molecule has 0 aliphatic heterocycles. The van der Waals surface area contributed by atoms with E-state index in [2.05, 4.69) is 10.2 Å². The zero-order valence-electron chi connectivity index (χ0n) is 8.81. The molecule has 0 unspecified atom stereocenters. The van der Waals surface area contributed by atoms with Gasteiger partial charge in [0.2, 0.25) is 0 Å². The van der Waals surface area contributed by atoms with Crippen molar-refractivity contribution in [3.8, 4) is 0 Å². The lowest BCUT2D eigenvalue weighted by Gasteiger charge is -2.06. The maximum atomic E-state index is 13.4. The van der Waals surface area contributed by atoms with Crippen molar-refractivity contribution in [1.29, 1.82) is 0 Å². The molecule has 0 atom stereocenters. The van der Waals surface area contributed by atoms with Gasteiger partial charge in [0.25, 0.3) is 0 Å². The molecular formula is C11H13FN4. The van der Waals surface area contributed by atoms with Crippen LogP contribution >= 0.6 is 0 Å². The van der Waals surface area contributed by atoms with Crippen molar-refractivity contribution in [2.75, 3.05) is 6.54 Å². The van der Waals surface area contributed by atoms with Crippen LogP contribution in [0.3, 0.4) is 0 Å². The largest absolute Gasteiger partial charge is 0.330 e. The number of nitrogens with two attached hydrogens (primary N) is 1. The Morgan fingerprint density at radius 3 is 2.88 bits per heavy atom. The van der Waals surface area contributed by atoms with Crippen LogP contribution in [-0.4, -0.2) is 21.3 Å². The van der Waals surface area contributed by atoms with Gasteiger partial charge in [0.05, 0.1) is 6.54 Å². The highest BCUT2D eigenvalue weighted by molar-refractivity contribution is 5.17. The molecule has 0 aliphatic rings. The van der Waals surface area contributed by atoms with Crippen LogP contribution in [0.5, 0.6) is 0 Å². The molecule has 2 N–H and O–H groups in total. The first kappa shape index (κ1) is 10.8. The number of rotatable bonds is 4. The van der Waals surface area contributed by atoms with Gasteiger partial charge < -0.3 is 10.3 Å². The lowest BCUT2D eigenvalue weighted by molar-refractivity contribution is 0.594. The monoisotopic (exact) mass is 220 g/mol. The Balaban J connectivity index is 2.20. The van der Waals surface area contributed by atoms with Crippen molar-refractivity contribution < 1.29 is 4.39 Å². The van der Waals surface area contributed by atoms with E-state index in [9.17, 15) is 4.39 Å². The van der Waals surface area contributed by atoms with Crippen LogP contribution < -0.4 is 5.73 Å². The lowest BCUT2D eigenvalue weighted by atomic mass is 10.2. The average Bonchev–Trinajstić information content (AvgIpc) is 2.70. The SMILES string of the molecule is NCCc1nncn1Cc1ccccc1F. The number of hydrogen-bond donors (Lipinski definition) is 1. The first-order chi connectivity index (χ1) is 7.81. The van der Waals surface area contributed by atoms with E-state index in [1.54, 1.807) is 18.5 Å². The van der Waals surface area contributed by atoms with Gasteiger partial charge in [-0.3, -0.25) is 0 Å². The highest BCUT2D eigenvalue weighted by Gasteiger charge is 2.06. The van der Waals surface area contributed by atoms with Gasteiger partial charge in [0, 0.05) is 12.0 Å². The van der Waals surface area contributed by atoms with E-state index < -0.39 is 0 Å². The van der Waals surface area contributed by atoms with E-state index >= 15 is 0 Å². The molecule has 4 nitrogen and oxygen atoms in total. The van der Waals surface area contributed by atoms with Gasteiger partial charge in [-0.1, -0.05) is 18.2 Å². The molecule has 0 amide bonds. The minimum Gasteiger partial charge on any atom is -0.330 e. The van der Waals surface area contributed by atoms with Crippen molar-refractivity contribution in [1.82, 2.24) is 14.8 Å². The molecule has 1 aromatic carbocycles. The van der Waals surface area contributed by atoms with Crippen molar-refractivity contribution in [3.05, 3.63) is 47.8 Å². The lowest BCUT2D eigenvalue weighted by Crippen LogP contribution is -2.11. The van der Waals surface area contributed by atoms with Gasteiger partial charge in [-0.05, 0) is 12.6 Å². The molecule has 1 heterocycles. The van der Waals surface area contributed by atoms with Gasteiger partial charge in [-0.15, -0.1) is 10.2 Å². The molecule has 16 heavy (non-hydrogen) atoms. The van der Waals surface area contributed by atoms with Crippen LogP contribution in [0.4, 0.5) is 4.39 Å². The molecule has 0 spiro atoms. The summed E-state index contributed by atoms with van der Waals surface area (Å²) in [6.07, 6.45) is 2.24. The third-order valence-electron chi connectivity index (χ3n) is 2.36. The first-order valence-corrected chi connectivity index (χ1v) is 5.11. The minimum absolute atomic E-state index is 0.213. The average molecular weight is 220 g/mol. The van der Waals surface area contributed by atoms with Crippen LogP contribution in [0.2, 0.25) is 0 Å². The Labute approximate surface area is 92.9 Å². The van der Waals surface area contributed by atoms with Gasteiger partial charge in [-0.25, -0.2) is 4.39 Å². The molecule has 0 bridgehead atoms. The standard InChI is InChI=1S/C11H13FN4/c12-10-4-2-1-3-9(10)7-16-8-14-15-11(16)5-6-13/h1-4,8H,5-7,13H2. The van der Waals surface area contributed by atoms with Crippen molar-refractivity contribution in [3.63, 3.8) is 0 Å². The van der Waals surface area contributed by atoms with Crippen LogP contribution in [0, 0.1) is 5.82 Å². The van der Waals surface area contributed by atoms with E-state index in [4.69, 9.17) is 5.73 Å². The van der Waals surface area contributed by atoms with E-state index in [-0.39, 0.29) is 5.82 Å². The third-order valence-corrected chi connectivity index (χ3v) is 2.36. The predicted molar refractivity (Wildman–Crippen MR) is 58.3 cm³/mol. The fourth-order valence-electron chi connectivity index (χ4n) is 1.54. The Bertz CT molecular complexity index is 467. The summed E-state index contributed by atoms with van der Waals surface area (Å²) < 4.78 is 15.2. The number of hydrogen-bond acceptors (Lipinski definition) is 3. The number of aromatic nitrogens is 3. The molecule has 0 aliphatic carbocycles. The third kappa shape index (κ3) is 2.25. The van der Waals surface area contributed by atoms with Crippen molar-refractivity contribution >= 4 is 0 Å².